The number of carboxylic acid groups (broad SMARTS) is 12. The molecule has 0 amide bonds. The molecule has 64 heavy (non-hydrogen) atoms. The first-order valence-electron chi connectivity index (χ1n) is 16.6. The number of carbonyl (C=O) groups excluding carboxylic acids is 12. The molecular weight excluding hydrogens is 1050 g/mol. The molecule has 6 atom stereocenters. The summed E-state index contributed by atoms with van der Waals surface area (Å²) < 4.78 is 0. The summed E-state index contributed by atoms with van der Waals surface area (Å²) in [5.41, 5.74) is 0. The van der Waals surface area contributed by atoms with Gasteiger partial charge in [-0.15, -0.1) is 0 Å². The third kappa shape index (κ3) is 44.1. The van der Waals surface area contributed by atoms with Crippen LogP contribution in [0.5, 0.6) is 0 Å². The molecule has 0 fully saturated rings. The van der Waals surface area contributed by atoms with Gasteiger partial charge in [0, 0.05) is 114 Å². The third-order valence-corrected chi connectivity index (χ3v) is 6.65. The van der Waals surface area contributed by atoms with Gasteiger partial charge in [0.05, 0.1) is 72.1 Å². The Labute approximate surface area is 402 Å². The molecule has 0 aromatic rings. The van der Waals surface area contributed by atoms with Crippen LogP contribution in [0.4, 0.5) is 0 Å². The largest absolute Gasteiger partial charge is 3.00 e. The monoisotopic (exact) mass is 1090 g/mol. The van der Waals surface area contributed by atoms with E-state index in [2.05, 4.69) is 31.9 Å². The maximum Gasteiger partial charge on any atom is 3.00 e. The van der Waals surface area contributed by atoms with E-state index in [1.165, 1.54) is 0 Å². The van der Waals surface area contributed by atoms with E-state index in [4.69, 9.17) is 0 Å². The van der Waals surface area contributed by atoms with Crippen LogP contribution in [0.15, 0.2) is 0 Å². The molecule has 0 aromatic heterocycles. The molecule has 30 nitrogen and oxygen atoms in total. The molecule has 0 aliphatic heterocycles. The van der Waals surface area contributed by atoms with Gasteiger partial charge in [0.2, 0.25) is 0 Å². The molecule has 0 heterocycles. The van der Waals surface area contributed by atoms with E-state index < -0.39 is 146 Å². The van der Waals surface area contributed by atoms with Crippen LogP contribution in [0.2, 0.25) is 0 Å². The van der Waals surface area contributed by atoms with Crippen molar-refractivity contribution in [2.45, 2.75) is 74.8 Å². The van der Waals surface area contributed by atoms with Crippen LogP contribution in [0.3, 0.4) is 0 Å². The summed E-state index contributed by atoms with van der Waals surface area (Å²) >= 11 is 0. The summed E-state index contributed by atoms with van der Waals surface area (Å²) in [6, 6.07) is -8.98. The zero-order valence-electron chi connectivity index (χ0n) is 32.2. The van der Waals surface area contributed by atoms with E-state index in [0.29, 0.717) is 0 Å². The molecule has 0 saturated heterocycles. The van der Waals surface area contributed by atoms with Crippen LogP contribution >= 0.6 is 0 Å². The van der Waals surface area contributed by atoms with Gasteiger partial charge in [0.1, 0.15) is 0 Å². The molecular formula is C30H36Fe4N6O24. The van der Waals surface area contributed by atoms with Crippen molar-refractivity contribution in [1.82, 2.24) is 31.9 Å². The van der Waals surface area contributed by atoms with Crippen molar-refractivity contribution in [3.8, 4) is 0 Å². The average molecular weight is 1090 g/mol. The summed E-state index contributed by atoms with van der Waals surface area (Å²) in [5.74, 6) is -19.5. The quantitative estimate of drug-likeness (QED) is 0.0262. The molecule has 34 heteroatoms. The van der Waals surface area contributed by atoms with Crippen LogP contribution < -0.4 is 93.2 Å². The predicted molar refractivity (Wildman–Crippen MR) is 159 cm³/mol. The number of hydrogen-bond donors (Lipinski definition) is 6. The van der Waals surface area contributed by atoms with Crippen LogP contribution in [-0.4, -0.2) is 147 Å². The second-order valence-corrected chi connectivity index (χ2v) is 11.4. The van der Waals surface area contributed by atoms with Crippen molar-refractivity contribution in [1.29, 1.82) is 0 Å². The van der Waals surface area contributed by atoms with Gasteiger partial charge in [-0.3, -0.25) is 0 Å². The average Bonchev–Trinajstić information content (AvgIpc) is 3.09. The topological polar surface area (TPSA) is 554 Å². The summed E-state index contributed by atoms with van der Waals surface area (Å²) in [6.45, 7) is -0.817. The maximum atomic E-state index is 10.5. The molecule has 0 spiro atoms. The van der Waals surface area contributed by atoms with Gasteiger partial charge in [0.25, 0.3) is 0 Å². The Morgan fingerprint density at radius 2 is 0.328 bits per heavy atom. The van der Waals surface area contributed by atoms with Crippen molar-refractivity contribution in [2.75, 3.05) is 39.3 Å². The SMILES string of the molecule is O=C([O-])CC(NCCNC(CC(=O)[O-])C(=O)[O-])C(=O)[O-].O=C([O-])CC(NCCNC(CC(=O)[O-])C(=O)[O-])C(=O)[O-].O=C([O-])CC(NCCNC(CC(=O)[O-])C(=O)[O-])C(=O)[O-].[Fe+3].[Fe+3].[Fe+3].[Fe+3]. The van der Waals surface area contributed by atoms with E-state index in [1.807, 2.05) is 0 Å². The number of hydrogen-bond acceptors (Lipinski definition) is 30. The molecule has 4 radical (unpaired) electrons. The second kappa shape index (κ2) is 42.4. The Hall–Kier alpha value is -4.52. The Morgan fingerprint density at radius 1 is 0.234 bits per heavy atom. The fraction of sp³-hybridized carbons (Fsp3) is 0.600. The van der Waals surface area contributed by atoms with E-state index in [0.717, 1.165) is 0 Å². The predicted octanol–water partition coefficient (Wildman–Crippen LogP) is -22.0. The molecule has 0 aromatic carbocycles. The van der Waals surface area contributed by atoms with Crippen LogP contribution in [0.25, 0.3) is 0 Å². The Bertz CT molecular complexity index is 1240. The van der Waals surface area contributed by atoms with Crippen molar-refractivity contribution in [3.63, 3.8) is 0 Å². The number of nitrogens with one attached hydrogen (secondary N) is 6. The number of carbonyl (C=O) groups is 12. The van der Waals surface area contributed by atoms with Crippen LogP contribution in [-0.2, 0) is 126 Å². The molecule has 362 valence electrons. The first-order chi connectivity index (χ1) is 27.7. The fourth-order valence-corrected chi connectivity index (χ4v) is 3.91. The number of rotatable bonds is 33. The molecule has 0 bridgehead atoms. The number of aliphatic carboxylic acids is 12. The standard InChI is InChI=1S/3C10H16N2O8.4Fe/c3*13-7(14)3-5(9(17)18)11-1-2-12-6(10(19)20)4-8(15)16;;;;/h3*5-6,11-12H,1-4H2,(H,13,14)(H,15,16)(H,17,18)(H,19,20);;;;/q;;;4*+3/p-12. The van der Waals surface area contributed by atoms with Crippen molar-refractivity contribution < 1.29 is 187 Å². The van der Waals surface area contributed by atoms with Crippen molar-refractivity contribution >= 4 is 71.6 Å². The minimum Gasteiger partial charge on any atom is -0.550 e. The van der Waals surface area contributed by atoms with E-state index >= 15 is 0 Å². The fourth-order valence-electron chi connectivity index (χ4n) is 3.91. The molecule has 0 aliphatic carbocycles. The molecule has 0 saturated carbocycles. The molecule has 0 aliphatic rings. The van der Waals surface area contributed by atoms with Gasteiger partial charge in [-0.2, -0.15) is 0 Å². The first kappa shape index (κ1) is 73.9. The van der Waals surface area contributed by atoms with Crippen molar-refractivity contribution in [3.05, 3.63) is 0 Å². The van der Waals surface area contributed by atoms with Crippen molar-refractivity contribution in [2.24, 2.45) is 0 Å². The Morgan fingerprint density at radius 3 is 0.391 bits per heavy atom. The minimum atomic E-state index is -1.65. The minimum absolute atomic E-state index is 0. The van der Waals surface area contributed by atoms with E-state index in [9.17, 15) is 119 Å². The smallest absolute Gasteiger partial charge is 0.550 e. The van der Waals surface area contributed by atoms with Gasteiger partial charge >= 0.3 is 68.3 Å². The maximum absolute atomic E-state index is 10.5. The van der Waals surface area contributed by atoms with Gasteiger partial charge in [-0.1, -0.05) is 0 Å². The van der Waals surface area contributed by atoms with E-state index in [1.54, 1.807) is 0 Å². The van der Waals surface area contributed by atoms with Gasteiger partial charge in [-0.25, -0.2) is 0 Å². The summed E-state index contributed by atoms with van der Waals surface area (Å²) in [7, 11) is 0. The van der Waals surface area contributed by atoms with E-state index in [-0.39, 0.29) is 108 Å². The zero-order valence-corrected chi connectivity index (χ0v) is 36.6. The van der Waals surface area contributed by atoms with Crippen LogP contribution in [0.1, 0.15) is 38.5 Å². The zero-order chi connectivity index (χ0) is 47.1. The van der Waals surface area contributed by atoms with Gasteiger partial charge < -0.3 is 151 Å². The second-order valence-electron chi connectivity index (χ2n) is 11.4. The summed E-state index contributed by atoms with van der Waals surface area (Å²) in [6.07, 6.45) is -4.89. The summed E-state index contributed by atoms with van der Waals surface area (Å²) in [5, 5.41) is 138. The Kier molecular flexibility index (Phi) is 49.0. The molecule has 0 rings (SSSR count). The van der Waals surface area contributed by atoms with Gasteiger partial charge in [-0.05, 0) is 0 Å². The Balaban J connectivity index is -0.000000148. The molecule has 6 unspecified atom stereocenters. The van der Waals surface area contributed by atoms with Gasteiger partial charge in [0.15, 0.2) is 0 Å². The molecule has 6 N–H and O–H groups in total. The number of carboxylic acids is 12. The summed E-state index contributed by atoms with van der Waals surface area (Å²) in [4.78, 5) is 125. The third-order valence-electron chi connectivity index (χ3n) is 6.65. The van der Waals surface area contributed by atoms with Crippen LogP contribution in [0, 0.1) is 0 Å². The normalized spacial score (nSPS) is 12.6. The first-order valence-corrected chi connectivity index (χ1v) is 16.6.